The van der Waals surface area contributed by atoms with Crippen molar-refractivity contribution in [3.63, 3.8) is 0 Å². The lowest BCUT2D eigenvalue weighted by Crippen LogP contribution is -2.24. The molecule has 0 saturated carbocycles. The van der Waals surface area contributed by atoms with Crippen LogP contribution in [0.3, 0.4) is 0 Å². The van der Waals surface area contributed by atoms with Crippen LogP contribution in [-0.2, 0) is 4.74 Å². The van der Waals surface area contributed by atoms with E-state index in [0.29, 0.717) is 12.0 Å². The fourth-order valence-electron chi connectivity index (χ4n) is 1.85. The third-order valence-electron chi connectivity index (χ3n) is 2.74. The topological polar surface area (TPSA) is 34.2 Å². The summed E-state index contributed by atoms with van der Waals surface area (Å²) in [5.74, 6) is 0.515. The number of nitrogens with one attached hydrogen (secondary N) is 1. The summed E-state index contributed by atoms with van der Waals surface area (Å²) >= 11 is 3.45. The molecule has 3 nitrogen and oxygen atoms in total. The van der Waals surface area contributed by atoms with Gasteiger partial charge in [0.15, 0.2) is 0 Å². The van der Waals surface area contributed by atoms with Gasteiger partial charge < -0.3 is 10.1 Å². The van der Waals surface area contributed by atoms with Gasteiger partial charge in [0, 0.05) is 36.6 Å². The molecule has 0 aliphatic heterocycles. The third kappa shape index (κ3) is 3.85. The predicted octanol–water partition coefficient (Wildman–Crippen LogP) is 2.78. The molecule has 1 rings (SSSR count). The first-order valence-corrected chi connectivity index (χ1v) is 6.25. The minimum atomic E-state index is 0.320. The fraction of sp³-hybridized carbons (Fsp3) is 0.583. The molecule has 0 aliphatic rings. The van der Waals surface area contributed by atoms with Crippen LogP contribution in [-0.4, -0.2) is 25.7 Å². The van der Waals surface area contributed by atoms with Gasteiger partial charge in [-0.05, 0) is 46.9 Å². The highest BCUT2D eigenvalue weighted by Crippen LogP contribution is 2.25. The third-order valence-corrected chi connectivity index (χ3v) is 3.18. The van der Waals surface area contributed by atoms with Crippen molar-refractivity contribution in [2.45, 2.75) is 19.4 Å². The SMILES string of the molecule is CNC(c1cncc(Br)c1)C(C)CCOC. The number of halogens is 1. The van der Waals surface area contributed by atoms with Crippen molar-refractivity contribution in [3.8, 4) is 0 Å². The van der Waals surface area contributed by atoms with Gasteiger partial charge in [-0.2, -0.15) is 0 Å². The quantitative estimate of drug-likeness (QED) is 0.873. The summed E-state index contributed by atoms with van der Waals surface area (Å²) in [6.07, 6.45) is 4.75. The Morgan fingerprint density at radius 1 is 1.50 bits per heavy atom. The molecule has 1 heterocycles. The van der Waals surface area contributed by atoms with Gasteiger partial charge in [-0.25, -0.2) is 0 Å². The van der Waals surface area contributed by atoms with Crippen molar-refractivity contribution in [2.75, 3.05) is 20.8 Å². The first kappa shape index (κ1) is 13.6. The standard InChI is InChI=1S/C12H19BrN2O/c1-9(4-5-16-3)12(14-2)10-6-11(13)8-15-7-10/h6-9,12,14H,4-5H2,1-3H3. The fourth-order valence-corrected chi connectivity index (χ4v) is 2.23. The van der Waals surface area contributed by atoms with Gasteiger partial charge in [-0.1, -0.05) is 6.92 Å². The molecular weight excluding hydrogens is 268 g/mol. The lowest BCUT2D eigenvalue weighted by molar-refractivity contribution is 0.171. The van der Waals surface area contributed by atoms with Crippen LogP contribution in [0, 0.1) is 5.92 Å². The van der Waals surface area contributed by atoms with E-state index >= 15 is 0 Å². The molecule has 0 radical (unpaired) electrons. The Hall–Kier alpha value is -0.450. The zero-order valence-electron chi connectivity index (χ0n) is 10.0. The van der Waals surface area contributed by atoms with Crippen molar-refractivity contribution in [3.05, 3.63) is 28.5 Å². The molecule has 2 atom stereocenters. The van der Waals surface area contributed by atoms with Crippen molar-refractivity contribution in [1.29, 1.82) is 0 Å². The first-order valence-electron chi connectivity index (χ1n) is 5.45. The summed E-state index contributed by atoms with van der Waals surface area (Å²) in [5.41, 5.74) is 1.21. The maximum absolute atomic E-state index is 5.11. The van der Waals surface area contributed by atoms with Gasteiger partial charge in [0.05, 0.1) is 0 Å². The van der Waals surface area contributed by atoms with E-state index in [9.17, 15) is 0 Å². The van der Waals surface area contributed by atoms with Gasteiger partial charge in [-0.15, -0.1) is 0 Å². The molecule has 0 amide bonds. The van der Waals surface area contributed by atoms with Gasteiger partial charge in [0.25, 0.3) is 0 Å². The Bertz CT molecular complexity index is 320. The van der Waals surface area contributed by atoms with E-state index in [4.69, 9.17) is 4.74 Å². The zero-order chi connectivity index (χ0) is 12.0. The average Bonchev–Trinajstić information content (AvgIpc) is 2.27. The average molecular weight is 287 g/mol. The molecular formula is C12H19BrN2O. The molecule has 1 aromatic heterocycles. The van der Waals surface area contributed by atoms with Crippen LogP contribution in [0.25, 0.3) is 0 Å². The Labute approximate surface area is 106 Å². The van der Waals surface area contributed by atoms with E-state index in [2.05, 4.69) is 39.2 Å². The lowest BCUT2D eigenvalue weighted by Gasteiger charge is -2.23. The second-order valence-corrected chi connectivity index (χ2v) is 4.88. The van der Waals surface area contributed by atoms with Crippen LogP contribution >= 0.6 is 15.9 Å². The van der Waals surface area contributed by atoms with Crippen LogP contribution in [0.2, 0.25) is 0 Å². The highest BCUT2D eigenvalue weighted by atomic mass is 79.9. The minimum absolute atomic E-state index is 0.320. The zero-order valence-corrected chi connectivity index (χ0v) is 11.6. The van der Waals surface area contributed by atoms with Gasteiger partial charge >= 0.3 is 0 Å². The highest BCUT2D eigenvalue weighted by Gasteiger charge is 2.17. The summed E-state index contributed by atoms with van der Waals surface area (Å²) in [6.45, 7) is 3.02. The summed E-state index contributed by atoms with van der Waals surface area (Å²) in [7, 11) is 3.72. The largest absolute Gasteiger partial charge is 0.385 e. The number of nitrogens with zero attached hydrogens (tertiary/aromatic N) is 1. The van der Waals surface area contributed by atoms with Gasteiger partial charge in [0.1, 0.15) is 0 Å². The second kappa shape index (κ2) is 6.99. The van der Waals surface area contributed by atoms with Gasteiger partial charge in [0.2, 0.25) is 0 Å². The smallest absolute Gasteiger partial charge is 0.0465 e. The predicted molar refractivity (Wildman–Crippen MR) is 69.4 cm³/mol. The lowest BCUT2D eigenvalue weighted by atomic mass is 9.93. The number of aromatic nitrogens is 1. The molecule has 1 N–H and O–H groups in total. The number of hydrogen-bond acceptors (Lipinski definition) is 3. The number of rotatable bonds is 6. The molecule has 0 fully saturated rings. The van der Waals surface area contributed by atoms with E-state index in [1.807, 2.05) is 13.2 Å². The molecule has 0 aromatic carbocycles. The molecule has 0 saturated heterocycles. The molecule has 0 bridgehead atoms. The van der Waals surface area contributed by atoms with E-state index in [1.54, 1.807) is 13.3 Å². The molecule has 4 heteroatoms. The van der Waals surface area contributed by atoms with E-state index in [0.717, 1.165) is 17.5 Å². The minimum Gasteiger partial charge on any atom is -0.385 e. The Morgan fingerprint density at radius 2 is 2.25 bits per heavy atom. The molecule has 1 aromatic rings. The van der Waals surface area contributed by atoms with Gasteiger partial charge in [-0.3, -0.25) is 4.98 Å². The first-order chi connectivity index (χ1) is 7.69. The normalized spacial score (nSPS) is 14.8. The van der Waals surface area contributed by atoms with Crippen LogP contribution in [0.5, 0.6) is 0 Å². The monoisotopic (exact) mass is 286 g/mol. The Morgan fingerprint density at radius 3 is 2.81 bits per heavy atom. The van der Waals surface area contributed by atoms with E-state index in [1.165, 1.54) is 5.56 Å². The molecule has 0 spiro atoms. The van der Waals surface area contributed by atoms with Crippen molar-refractivity contribution >= 4 is 15.9 Å². The van der Waals surface area contributed by atoms with Crippen molar-refractivity contribution in [1.82, 2.24) is 10.3 Å². The Kier molecular flexibility index (Phi) is 5.95. The summed E-state index contributed by atoms with van der Waals surface area (Å²) < 4.78 is 6.13. The molecule has 0 aliphatic carbocycles. The van der Waals surface area contributed by atoms with Crippen LogP contribution in [0.4, 0.5) is 0 Å². The highest BCUT2D eigenvalue weighted by molar-refractivity contribution is 9.10. The summed E-state index contributed by atoms with van der Waals surface area (Å²) in [6, 6.07) is 2.43. The molecule has 90 valence electrons. The van der Waals surface area contributed by atoms with Crippen LogP contribution < -0.4 is 5.32 Å². The number of pyridine rings is 1. The summed E-state index contributed by atoms with van der Waals surface area (Å²) in [4.78, 5) is 4.20. The van der Waals surface area contributed by atoms with Crippen LogP contribution in [0.15, 0.2) is 22.9 Å². The summed E-state index contributed by atoms with van der Waals surface area (Å²) in [5, 5.41) is 3.34. The second-order valence-electron chi connectivity index (χ2n) is 3.96. The number of methoxy groups -OCH3 is 1. The maximum Gasteiger partial charge on any atom is 0.0465 e. The maximum atomic E-state index is 5.11. The van der Waals surface area contributed by atoms with E-state index in [-0.39, 0.29) is 0 Å². The molecule has 2 unspecified atom stereocenters. The van der Waals surface area contributed by atoms with Crippen molar-refractivity contribution in [2.24, 2.45) is 5.92 Å². The number of ether oxygens (including phenoxy) is 1. The number of hydrogen-bond donors (Lipinski definition) is 1. The Balaban J connectivity index is 2.73. The van der Waals surface area contributed by atoms with Crippen LogP contribution in [0.1, 0.15) is 24.9 Å². The van der Waals surface area contributed by atoms with Crippen molar-refractivity contribution < 1.29 is 4.74 Å². The van der Waals surface area contributed by atoms with E-state index < -0.39 is 0 Å². The molecule has 16 heavy (non-hydrogen) atoms.